The Morgan fingerprint density at radius 2 is 2.05 bits per heavy atom. The van der Waals surface area contributed by atoms with Crippen LogP contribution in [-0.2, 0) is 25.9 Å². The van der Waals surface area contributed by atoms with E-state index in [2.05, 4.69) is 9.88 Å². The van der Waals surface area contributed by atoms with Crippen LogP contribution in [0.2, 0.25) is 0 Å². The smallest absolute Gasteiger partial charge is 0.123 e. The summed E-state index contributed by atoms with van der Waals surface area (Å²) in [5.41, 5.74) is 3.84. The maximum absolute atomic E-state index is 13.0. The third-order valence-corrected chi connectivity index (χ3v) is 4.50. The first-order valence-electron chi connectivity index (χ1n) is 7.84. The van der Waals surface area contributed by atoms with Gasteiger partial charge in [0.05, 0.1) is 5.69 Å². The van der Waals surface area contributed by atoms with E-state index in [1.54, 1.807) is 12.1 Å². The Morgan fingerprint density at radius 1 is 1.24 bits per heavy atom. The predicted molar refractivity (Wildman–Crippen MR) is 79.7 cm³/mol. The average molecular weight is 285 g/mol. The van der Waals surface area contributed by atoms with E-state index in [1.165, 1.54) is 35.6 Å². The van der Waals surface area contributed by atoms with E-state index in [9.17, 15) is 4.39 Å². The van der Waals surface area contributed by atoms with Crippen molar-refractivity contribution in [3.63, 3.8) is 0 Å². The lowest BCUT2D eigenvalue weighted by Gasteiger charge is -2.16. The number of hydrogen-bond acceptors (Lipinski definition) is 2. The highest BCUT2D eigenvalue weighted by molar-refractivity contribution is 5.25. The quantitative estimate of drug-likeness (QED) is 0.936. The van der Waals surface area contributed by atoms with Crippen LogP contribution in [0.1, 0.15) is 41.5 Å². The van der Waals surface area contributed by atoms with Gasteiger partial charge in [-0.3, -0.25) is 0 Å². The van der Waals surface area contributed by atoms with Crippen molar-refractivity contribution in [2.45, 2.75) is 44.7 Å². The zero-order valence-electron chi connectivity index (χ0n) is 12.1. The van der Waals surface area contributed by atoms with Gasteiger partial charge in [0, 0.05) is 37.7 Å². The van der Waals surface area contributed by atoms with E-state index in [0.717, 1.165) is 32.5 Å². The monoisotopic (exact) mass is 285 g/mol. The molecule has 1 N–H and O–H groups in total. The van der Waals surface area contributed by atoms with Crippen LogP contribution in [-0.4, -0.2) is 16.1 Å². The Balaban J connectivity index is 1.58. The molecule has 2 aromatic rings. The Morgan fingerprint density at radius 3 is 2.81 bits per heavy atom. The lowest BCUT2D eigenvalue weighted by molar-refractivity contribution is 0.575. The minimum Gasteiger partial charge on any atom is -0.331 e. The van der Waals surface area contributed by atoms with Gasteiger partial charge >= 0.3 is 0 Å². The lowest BCUT2D eigenvalue weighted by atomic mass is 10.1. The Labute approximate surface area is 124 Å². The maximum atomic E-state index is 13.0. The Bertz CT molecular complexity index is 641. The Kier molecular flexibility index (Phi) is 3.26. The van der Waals surface area contributed by atoms with Crippen LogP contribution in [0.15, 0.2) is 24.3 Å². The number of benzene rings is 1. The predicted octanol–water partition coefficient (Wildman–Crippen LogP) is 2.79. The van der Waals surface area contributed by atoms with Gasteiger partial charge < -0.3 is 9.88 Å². The van der Waals surface area contributed by atoms with Gasteiger partial charge in [-0.05, 0) is 37.0 Å². The number of imidazole rings is 1. The van der Waals surface area contributed by atoms with Crippen LogP contribution in [0.4, 0.5) is 4.39 Å². The van der Waals surface area contributed by atoms with Crippen molar-refractivity contribution < 1.29 is 4.39 Å². The minimum absolute atomic E-state index is 0.163. The molecular formula is C17H20FN3. The highest BCUT2D eigenvalue weighted by Crippen LogP contribution is 2.40. The summed E-state index contributed by atoms with van der Waals surface area (Å²) in [4.78, 5) is 4.88. The highest BCUT2D eigenvalue weighted by Gasteiger charge is 2.31. The number of aryl methyl sites for hydroxylation is 1. The first kappa shape index (κ1) is 13.0. The zero-order chi connectivity index (χ0) is 14.2. The summed E-state index contributed by atoms with van der Waals surface area (Å²) in [5, 5.41) is 3.40. The summed E-state index contributed by atoms with van der Waals surface area (Å²) in [6.07, 6.45) is 4.56. The van der Waals surface area contributed by atoms with Gasteiger partial charge in [-0.15, -0.1) is 0 Å². The molecule has 0 bridgehead atoms. The van der Waals surface area contributed by atoms with Crippen molar-refractivity contribution in [2.75, 3.05) is 6.54 Å². The molecule has 1 fully saturated rings. The van der Waals surface area contributed by atoms with Gasteiger partial charge in [-0.25, -0.2) is 9.37 Å². The van der Waals surface area contributed by atoms with E-state index in [-0.39, 0.29) is 5.82 Å². The van der Waals surface area contributed by atoms with Gasteiger partial charge in [0.25, 0.3) is 0 Å². The SMILES string of the molecule is Fc1ccc(CCn2c(C3CC3)nc3c2CCNC3)cc1. The molecule has 0 saturated heterocycles. The van der Waals surface area contributed by atoms with Crippen LogP contribution in [0, 0.1) is 5.82 Å². The fraction of sp³-hybridized carbons (Fsp3) is 0.471. The molecule has 1 aliphatic heterocycles. The van der Waals surface area contributed by atoms with Crippen LogP contribution >= 0.6 is 0 Å². The minimum atomic E-state index is -0.163. The second-order valence-electron chi connectivity index (χ2n) is 6.09. The van der Waals surface area contributed by atoms with Crippen LogP contribution in [0.25, 0.3) is 0 Å². The third-order valence-electron chi connectivity index (χ3n) is 4.50. The van der Waals surface area contributed by atoms with Crippen molar-refractivity contribution in [1.82, 2.24) is 14.9 Å². The average Bonchev–Trinajstić information content (AvgIpc) is 3.29. The summed E-state index contributed by atoms with van der Waals surface area (Å²) >= 11 is 0. The summed E-state index contributed by atoms with van der Waals surface area (Å²) < 4.78 is 15.4. The van der Waals surface area contributed by atoms with Crippen molar-refractivity contribution in [3.8, 4) is 0 Å². The molecular weight excluding hydrogens is 265 g/mol. The molecule has 0 spiro atoms. The van der Waals surface area contributed by atoms with Crippen molar-refractivity contribution in [3.05, 3.63) is 52.9 Å². The summed E-state index contributed by atoms with van der Waals surface area (Å²) in [5.74, 6) is 1.79. The fourth-order valence-electron chi connectivity index (χ4n) is 3.19. The largest absolute Gasteiger partial charge is 0.331 e. The van der Waals surface area contributed by atoms with Crippen LogP contribution in [0.5, 0.6) is 0 Å². The molecule has 0 atom stereocenters. The lowest BCUT2D eigenvalue weighted by Crippen LogP contribution is -2.25. The normalized spacial score (nSPS) is 17.8. The standard InChI is InChI=1S/C17H20FN3/c18-14-5-1-12(2-6-14)8-10-21-16-7-9-19-11-15(16)20-17(21)13-3-4-13/h1-2,5-6,13,19H,3-4,7-11H2. The molecule has 21 heavy (non-hydrogen) atoms. The van der Waals surface area contributed by atoms with Gasteiger partial charge in [-0.1, -0.05) is 12.1 Å². The van der Waals surface area contributed by atoms with Crippen molar-refractivity contribution in [1.29, 1.82) is 0 Å². The third kappa shape index (κ3) is 2.60. The van der Waals surface area contributed by atoms with E-state index >= 15 is 0 Å². The molecule has 4 rings (SSSR count). The number of aromatic nitrogens is 2. The topological polar surface area (TPSA) is 29.9 Å². The van der Waals surface area contributed by atoms with Crippen LogP contribution < -0.4 is 5.32 Å². The second-order valence-corrected chi connectivity index (χ2v) is 6.09. The van der Waals surface area contributed by atoms with Gasteiger partial charge in [0.2, 0.25) is 0 Å². The van der Waals surface area contributed by atoms with E-state index in [4.69, 9.17) is 4.98 Å². The highest BCUT2D eigenvalue weighted by atomic mass is 19.1. The first-order chi connectivity index (χ1) is 10.3. The van der Waals surface area contributed by atoms with E-state index in [0.29, 0.717) is 5.92 Å². The number of halogens is 1. The van der Waals surface area contributed by atoms with Gasteiger partial charge in [-0.2, -0.15) is 0 Å². The molecule has 0 unspecified atom stereocenters. The molecule has 1 saturated carbocycles. The number of nitrogens with zero attached hydrogens (tertiary/aromatic N) is 2. The summed E-state index contributed by atoms with van der Waals surface area (Å²) in [6.45, 7) is 2.90. The molecule has 1 aliphatic carbocycles. The number of fused-ring (bicyclic) bond motifs is 1. The fourth-order valence-corrected chi connectivity index (χ4v) is 3.19. The van der Waals surface area contributed by atoms with Crippen molar-refractivity contribution >= 4 is 0 Å². The molecule has 1 aromatic heterocycles. The molecule has 2 aliphatic rings. The zero-order valence-corrected chi connectivity index (χ0v) is 12.1. The number of hydrogen-bond donors (Lipinski definition) is 1. The number of nitrogens with one attached hydrogen (secondary N) is 1. The molecule has 0 radical (unpaired) electrons. The van der Waals surface area contributed by atoms with Gasteiger partial charge in [0.15, 0.2) is 0 Å². The second kappa shape index (κ2) is 5.26. The molecule has 1 aromatic carbocycles. The number of rotatable bonds is 4. The molecule has 110 valence electrons. The Hall–Kier alpha value is -1.68. The molecule has 0 amide bonds. The summed E-state index contributed by atoms with van der Waals surface area (Å²) in [6, 6.07) is 6.86. The first-order valence-corrected chi connectivity index (χ1v) is 7.84. The van der Waals surface area contributed by atoms with Crippen LogP contribution in [0.3, 0.4) is 0 Å². The van der Waals surface area contributed by atoms with E-state index < -0.39 is 0 Å². The molecule has 2 heterocycles. The maximum Gasteiger partial charge on any atom is 0.123 e. The summed E-state index contributed by atoms with van der Waals surface area (Å²) in [7, 11) is 0. The molecule has 4 heteroatoms. The van der Waals surface area contributed by atoms with Gasteiger partial charge in [0.1, 0.15) is 11.6 Å². The van der Waals surface area contributed by atoms with E-state index in [1.807, 2.05) is 12.1 Å². The molecule has 3 nitrogen and oxygen atoms in total. The van der Waals surface area contributed by atoms with Crippen molar-refractivity contribution in [2.24, 2.45) is 0 Å².